The maximum absolute atomic E-state index is 12.8. The van der Waals surface area contributed by atoms with Crippen LogP contribution in [0, 0.1) is 16.7 Å². The Morgan fingerprint density at radius 3 is 2.19 bits per heavy atom. The monoisotopic (exact) mass is 355 g/mol. The maximum atomic E-state index is 12.8. The Bertz CT molecular complexity index is 779. The van der Waals surface area contributed by atoms with Crippen LogP contribution >= 0.6 is 0 Å². The molecule has 26 heavy (non-hydrogen) atoms. The van der Waals surface area contributed by atoms with Crippen LogP contribution in [0.4, 0.5) is 0 Å². The summed E-state index contributed by atoms with van der Waals surface area (Å²) in [5.41, 5.74) is 0.793. The predicted molar refractivity (Wildman–Crippen MR) is 95.5 cm³/mol. The molecule has 1 aromatic carbocycles. The zero-order valence-electron chi connectivity index (χ0n) is 15.7. The topological polar surface area (TPSA) is 63.7 Å². The average molecular weight is 355 g/mol. The third-order valence-electron chi connectivity index (χ3n) is 7.53. The molecule has 3 aliphatic rings. The molecule has 4 rings (SSSR count). The number of imide groups is 1. The summed E-state index contributed by atoms with van der Waals surface area (Å²) in [4.78, 5) is 39.0. The summed E-state index contributed by atoms with van der Waals surface area (Å²) >= 11 is 0. The molecule has 0 N–H and O–H groups in total. The second kappa shape index (κ2) is 5.41. The Morgan fingerprint density at radius 2 is 1.73 bits per heavy atom. The molecule has 138 valence electrons. The SMILES string of the molecule is C[C@@H](C(=O)O[C@@H]1C[C@@H]2CC[C@]1(C)C2(C)C)N1C(=O)c2ccccc2C1=O. The van der Waals surface area contributed by atoms with Gasteiger partial charge in [-0.3, -0.25) is 14.5 Å². The van der Waals surface area contributed by atoms with E-state index in [0.29, 0.717) is 17.0 Å². The minimum atomic E-state index is -0.923. The first kappa shape index (κ1) is 17.3. The normalized spacial score (nSPS) is 32.7. The van der Waals surface area contributed by atoms with Crippen molar-refractivity contribution in [1.82, 2.24) is 4.90 Å². The van der Waals surface area contributed by atoms with E-state index < -0.39 is 23.8 Å². The molecule has 0 spiro atoms. The van der Waals surface area contributed by atoms with Gasteiger partial charge in [-0.15, -0.1) is 0 Å². The van der Waals surface area contributed by atoms with Crippen molar-refractivity contribution in [3.8, 4) is 0 Å². The minimum absolute atomic E-state index is 0.0466. The highest BCUT2D eigenvalue weighted by molar-refractivity contribution is 6.22. The fourth-order valence-corrected chi connectivity index (χ4v) is 5.21. The fourth-order valence-electron chi connectivity index (χ4n) is 5.21. The van der Waals surface area contributed by atoms with E-state index in [4.69, 9.17) is 4.74 Å². The number of benzene rings is 1. The number of carbonyl (C=O) groups is 3. The Kier molecular flexibility index (Phi) is 3.59. The summed E-state index contributed by atoms with van der Waals surface area (Å²) in [6.45, 7) is 8.29. The first-order valence-corrected chi connectivity index (χ1v) is 9.36. The van der Waals surface area contributed by atoms with Gasteiger partial charge in [-0.2, -0.15) is 0 Å². The van der Waals surface area contributed by atoms with E-state index in [1.165, 1.54) is 6.42 Å². The van der Waals surface area contributed by atoms with E-state index in [2.05, 4.69) is 20.8 Å². The molecule has 2 saturated carbocycles. The van der Waals surface area contributed by atoms with Crippen LogP contribution in [-0.2, 0) is 9.53 Å². The lowest BCUT2D eigenvalue weighted by Gasteiger charge is -2.39. The molecule has 0 aromatic heterocycles. The highest BCUT2D eigenvalue weighted by Crippen LogP contribution is 2.66. The van der Waals surface area contributed by atoms with Crippen molar-refractivity contribution in [3.05, 3.63) is 35.4 Å². The Morgan fingerprint density at radius 1 is 1.15 bits per heavy atom. The molecule has 0 saturated heterocycles. The van der Waals surface area contributed by atoms with Gasteiger partial charge in [-0.05, 0) is 49.7 Å². The van der Waals surface area contributed by atoms with Crippen LogP contribution < -0.4 is 0 Å². The van der Waals surface area contributed by atoms with Gasteiger partial charge < -0.3 is 4.74 Å². The lowest BCUT2D eigenvalue weighted by atomic mass is 9.70. The second-order valence-electron chi connectivity index (χ2n) is 8.74. The quantitative estimate of drug-likeness (QED) is 0.615. The summed E-state index contributed by atoms with van der Waals surface area (Å²) < 4.78 is 5.87. The summed E-state index contributed by atoms with van der Waals surface area (Å²) in [5, 5.41) is 0. The molecule has 2 amide bonds. The van der Waals surface area contributed by atoms with Gasteiger partial charge in [0, 0.05) is 5.41 Å². The minimum Gasteiger partial charge on any atom is -0.460 e. The molecule has 1 heterocycles. The van der Waals surface area contributed by atoms with Crippen molar-refractivity contribution in [2.24, 2.45) is 16.7 Å². The van der Waals surface area contributed by atoms with Crippen LogP contribution in [0.3, 0.4) is 0 Å². The summed E-state index contributed by atoms with van der Waals surface area (Å²) in [7, 11) is 0. The van der Waals surface area contributed by atoms with E-state index in [0.717, 1.165) is 17.7 Å². The molecule has 2 fully saturated rings. The first-order chi connectivity index (χ1) is 12.2. The molecule has 5 heteroatoms. The van der Waals surface area contributed by atoms with Gasteiger partial charge in [0.25, 0.3) is 11.8 Å². The second-order valence-corrected chi connectivity index (χ2v) is 8.74. The van der Waals surface area contributed by atoms with Gasteiger partial charge in [0.15, 0.2) is 0 Å². The Hall–Kier alpha value is -2.17. The van der Waals surface area contributed by atoms with E-state index in [-0.39, 0.29) is 16.9 Å². The van der Waals surface area contributed by atoms with E-state index in [1.54, 1.807) is 31.2 Å². The van der Waals surface area contributed by atoms with Gasteiger partial charge in [0.05, 0.1) is 11.1 Å². The van der Waals surface area contributed by atoms with Gasteiger partial charge in [-0.1, -0.05) is 32.9 Å². The van der Waals surface area contributed by atoms with E-state index in [9.17, 15) is 14.4 Å². The zero-order valence-corrected chi connectivity index (χ0v) is 15.7. The molecule has 2 aliphatic carbocycles. The number of carbonyl (C=O) groups excluding carboxylic acids is 3. The molecule has 1 aliphatic heterocycles. The molecule has 4 atom stereocenters. The number of hydrogen-bond acceptors (Lipinski definition) is 4. The number of amides is 2. The van der Waals surface area contributed by atoms with Crippen LogP contribution in [0.25, 0.3) is 0 Å². The molecule has 0 unspecified atom stereocenters. The molecule has 0 radical (unpaired) electrons. The van der Waals surface area contributed by atoms with E-state index in [1.807, 2.05) is 0 Å². The number of fused-ring (bicyclic) bond motifs is 3. The van der Waals surface area contributed by atoms with Crippen LogP contribution in [0.15, 0.2) is 24.3 Å². The fraction of sp³-hybridized carbons (Fsp3) is 0.571. The van der Waals surface area contributed by atoms with Crippen LogP contribution in [-0.4, -0.2) is 34.8 Å². The standard InChI is InChI=1S/C21H25NO4/c1-12(22-17(23)14-7-5-6-8-15(14)18(22)24)19(25)26-16-11-13-9-10-21(16,4)20(13,2)3/h5-8,12-13,16H,9-11H2,1-4H3/t12-,13-,16+,21-/m0/s1. The van der Waals surface area contributed by atoms with Crippen LogP contribution in [0.5, 0.6) is 0 Å². The predicted octanol–water partition coefficient (Wildman–Crippen LogP) is 3.43. The number of rotatable bonds is 3. The van der Waals surface area contributed by atoms with Gasteiger partial charge in [0.2, 0.25) is 0 Å². The van der Waals surface area contributed by atoms with Crippen LogP contribution in [0.2, 0.25) is 0 Å². The summed E-state index contributed by atoms with van der Waals surface area (Å²) in [6, 6.07) is 5.75. The smallest absolute Gasteiger partial charge is 0.329 e. The summed E-state index contributed by atoms with van der Waals surface area (Å²) in [6.07, 6.45) is 2.93. The van der Waals surface area contributed by atoms with E-state index >= 15 is 0 Å². The molecule has 2 bridgehead atoms. The molecule has 1 aromatic rings. The molecular formula is C21H25NO4. The molecule has 5 nitrogen and oxygen atoms in total. The molecular weight excluding hydrogens is 330 g/mol. The maximum Gasteiger partial charge on any atom is 0.329 e. The largest absolute Gasteiger partial charge is 0.460 e. The number of hydrogen-bond donors (Lipinski definition) is 0. The Labute approximate surface area is 153 Å². The Balaban J connectivity index is 1.52. The first-order valence-electron chi connectivity index (χ1n) is 9.36. The van der Waals surface area contributed by atoms with Gasteiger partial charge in [0.1, 0.15) is 12.1 Å². The van der Waals surface area contributed by atoms with Crippen molar-refractivity contribution < 1.29 is 19.1 Å². The van der Waals surface area contributed by atoms with Crippen molar-refractivity contribution in [3.63, 3.8) is 0 Å². The highest BCUT2D eigenvalue weighted by atomic mass is 16.5. The van der Waals surface area contributed by atoms with Crippen molar-refractivity contribution in [1.29, 1.82) is 0 Å². The number of esters is 1. The van der Waals surface area contributed by atoms with Gasteiger partial charge in [-0.25, -0.2) is 4.79 Å². The lowest BCUT2D eigenvalue weighted by molar-refractivity contribution is -0.161. The highest BCUT2D eigenvalue weighted by Gasteiger charge is 2.63. The average Bonchev–Trinajstić information content (AvgIpc) is 3.07. The van der Waals surface area contributed by atoms with Gasteiger partial charge >= 0.3 is 5.97 Å². The lowest BCUT2D eigenvalue weighted by Crippen LogP contribution is -2.46. The van der Waals surface area contributed by atoms with Crippen LogP contribution in [0.1, 0.15) is 67.7 Å². The third-order valence-corrected chi connectivity index (χ3v) is 7.53. The number of nitrogens with zero attached hydrogens (tertiary/aromatic N) is 1. The number of ether oxygens (including phenoxy) is 1. The summed E-state index contributed by atoms with van der Waals surface area (Å²) in [5.74, 6) is -0.780. The zero-order chi connectivity index (χ0) is 18.9. The van der Waals surface area contributed by atoms with Crippen molar-refractivity contribution >= 4 is 17.8 Å². The van der Waals surface area contributed by atoms with Crippen molar-refractivity contribution in [2.75, 3.05) is 0 Å². The van der Waals surface area contributed by atoms with Crippen molar-refractivity contribution in [2.45, 2.75) is 59.1 Å². The third kappa shape index (κ3) is 2.06.